The number of nitrogens with one attached hydrogen (secondary N) is 1. The van der Waals surface area contributed by atoms with E-state index in [1.165, 1.54) is 28.7 Å². The third-order valence-corrected chi connectivity index (χ3v) is 5.70. The molecule has 0 atom stereocenters. The summed E-state index contributed by atoms with van der Waals surface area (Å²) in [7, 11) is 0. The molecule has 0 amide bonds. The highest BCUT2D eigenvalue weighted by Gasteiger charge is 2.46. The number of hydrogen-bond donors (Lipinski definition) is 1. The van der Waals surface area contributed by atoms with Crippen LogP contribution in [0.3, 0.4) is 0 Å². The summed E-state index contributed by atoms with van der Waals surface area (Å²) in [5.74, 6) is 0. The van der Waals surface area contributed by atoms with Crippen LogP contribution in [0.5, 0.6) is 0 Å². The Labute approximate surface area is 142 Å². The van der Waals surface area contributed by atoms with Crippen molar-refractivity contribution in [1.82, 2.24) is 24.9 Å². The molecule has 7 nitrogen and oxygen atoms in total. The van der Waals surface area contributed by atoms with E-state index in [-0.39, 0.29) is 11.1 Å². The van der Waals surface area contributed by atoms with Crippen LogP contribution >= 0.6 is 11.3 Å². The lowest BCUT2D eigenvalue weighted by Gasteiger charge is -2.33. The van der Waals surface area contributed by atoms with Crippen molar-refractivity contribution in [2.24, 2.45) is 0 Å². The average molecular weight is 340 g/mol. The van der Waals surface area contributed by atoms with E-state index in [2.05, 4.69) is 25.3 Å². The van der Waals surface area contributed by atoms with Crippen LogP contribution in [0.15, 0.2) is 35.4 Å². The van der Waals surface area contributed by atoms with Crippen molar-refractivity contribution in [3.63, 3.8) is 0 Å². The molecule has 0 unspecified atom stereocenters. The first-order valence-corrected chi connectivity index (χ1v) is 8.86. The Bertz CT molecular complexity index is 962. The second-order valence-electron chi connectivity index (χ2n) is 6.40. The van der Waals surface area contributed by atoms with E-state index in [1.54, 1.807) is 12.4 Å². The molecule has 3 aromatic rings. The zero-order valence-corrected chi connectivity index (χ0v) is 13.8. The minimum absolute atomic E-state index is 0.169. The van der Waals surface area contributed by atoms with Crippen molar-refractivity contribution in [2.45, 2.75) is 18.4 Å². The molecular formula is C16H16N6OS. The average Bonchev–Trinajstić information content (AvgIpc) is 3.20. The molecule has 1 aliphatic heterocycles. The molecule has 1 spiro atoms. The zero-order chi connectivity index (χ0) is 16.1. The first-order chi connectivity index (χ1) is 11.7. The molecule has 4 heterocycles. The van der Waals surface area contributed by atoms with Gasteiger partial charge in [0.25, 0.3) is 5.56 Å². The fraction of sp³-hybridized carbons (Fsp3) is 0.375. The minimum Gasteiger partial charge on any atom is -0.344 e. The standard InChI is InChI=1S/C16H16N6OS/c23-13-11(12-3-1-2-6-17-12)9-18-14-22(13)20-15(24-14)21-8-7-19-16(10-21)4-5-16/h1-3,6,9,19H,4-5,7-8,10H2. The van der Waals surface area contributed by atoms with Crippen LogP contribution in [-0.2, 0) is 0 Å². The SMILES string of the molecule is O=c1c(-c2ccccn2)cnc2sc(N3CCNC4(CC4)C3)nn12. The normalized spacial score (nSPS) is 19.1. The predicted molar refractivity (Wildman–Crippen MR) is 92.5 cm³/mol. The maximum absolute atomic E-state index is 12.8. The molecule has 1 saturated heterocycles. The molecule has 2 aliphatic rings. The van der Waals surface area contributed by atoms with Gasteiger partial charge >= 0.3 is 0 Å². The van der Waals surface area contributed by atoms with Gasteiger partial charge < -0.3 is 10.2 Å². The van der Waals surface area contributed by atoms with Gasteiger partial charge in [0.15, 0.2) is 0 Å². The third-order valence-electron chi connectivity index (χ3n) is 4.72. The first kappa shape index (κ1) is 14.1. The van der Waals surface area contributed by atoms with E-state index < -0.39 is 0 Å². The highest BCUT2D eigenvalue weighted by Crippen LogP contribution is 2.39. The number of pyridine rings is 1. The smallest absolute Gasteiger partial charge is 0.284 e. The van der Waals surface area contributed by atoms with Gasteiger partial charge in [-0.15, -0.1) is 5.10 Å². The first-order valence-electron chi connectivity index (χ1n) is 8.04. The van der Waals surface area contributed by atoms with E-state index in [1.807, 2.05) is 18.2 Å². The maximum atomic E-state index is 12.8. The van der Waals surface area contributed by atoms with Crippen LogP contribution < -0.4 is 15.8 Å². The van der Waals surface area contributed by atoms with Gasteiger partial charge in [-0.05, 0) is 25.0 Å². The van der Waals surface area contributed by atoms with Gasteiger partial charge in [0.2, 0.25) is 10.1 Å². The van der Waals surface area contributed by atoms with Crippen LogP contribution in [0.4, 0.5) is 5.13 Å². The monoisotopic (exact) mass is 340 g/mol. The lowest BCUT2D eigenvalue weighted by Crippen LogP contribution is -2.52. The summed E-state index contributed by atoms with van der Waals surface area (Å²) in [5.41, 5.74) is 1.20. The molecule has 0 bridgehead atoms. The van der Waals surface area contributed by atoms with Gasteiger partial charge in [-0.2, -0.15) is 4.52 Å². The quantitative estimate of drug-likeness (QED) is 0.754. The van der Waals surface area contributed by atoms with Crippen LogP contribution in [0.1, 0.15) is 12.8 Å². The number of piperazine rings is 1. The molecule has 1 saturated carbocycles. The molecule has 122 valence electrons. The molecular weight excluding hydrogens is 324 g/mol. The van der Waals surface area contributed by atoms with Gasteiger partial charge in [0, 0.05) is 37.6 Å². The van der Waals surface area contributed by atoms with Gasteiger partial charge in [-0.1, -0.05) is 17.4 Å². The number of rotatable bonds is 2. The Kier molecular flexibility index (Phi) is 2.98. The number of fused-ring (bicyclic) bond motifs is 1. The van der Waals surface area contributed by atoms with Crippen LogP contribution in [0.25, 0.3) is 16.2 Å². The Morgan fingerprint density at radius 3 is 2.96 bits per heavy atom. The second kappa shape index (κ2) is 5.09. The molecule has 0 radical (unpaired) electrons. The molecule has 0 aromatic carbocycles. The number of anilines is 1. The fourth-order valence-corrected chi connectivity index (χ4v) is 4.09. The Hall–Kier alpha value is -2.32. The molecule has 24 heavy (non-hydrogen) atoms. The van der Waals surface area contributed by atoms with E-state index in [4.69, 9.17) is 0 Å². The largest absolute Gasteiger partial charge is 0.344 e. The second-order valence-corrected chi connectivity index (χ2v) is 7.33. The molecule has 5 rings (SSSR count). The number of hydrogen-bond acceptors (Lipinski definition) is 7. The van der Waals surface area contributed by atoms with E-state index in [0.717, 1.165) is 24.8 Å². The van der Waals surface area contributed by atoms with Gasteiger partial charge in [0.05, 0.1) is 11.3 Å². The van der Waals surface area contributed by atoms with E-state index in [9.17, 15) is 4.79 Å². The predicted octanol–water partition coefficient (Wildman–Crippen LogP) is 1.16. The molecule has 8 heteroatoms. The lowest BCUT2D eigenvalue weighted by atomic mass is 10.2. The Morgan fingerprint density at radius 1 is 1.25 bits per heavy atom. The topological polar surface area (TPSA) is 75.4 Å². The zero-order valence-electron chi connectivity index (χ0n) is 13.0. The van der Waals surface area contributed by atoms with Crippen molar-refractivity contribution >= 4 is 21.4 Å². The van der Waals surface area contributed by atoms with Crippen molar-refractivity contribution in [3.8, 4) is 11.3 Å². The van der Waals surface area contributed by atoms with E-state index >= 15 is 0 Å². The number of aromatic nitrogens is 4. The Balaban J connectivity index is 1.56. The summed E-state index contributed by atoms with van der Waals surface area (Å²) in [4.78, 5) is 24.3. The van der Waals surface area contributed by atoms with Crippen molar-refractivity contribution in [1.29, 1.82) is 0 Å². The molecule has 2 fully saturated rings. The van der Waals surface area contributed by atoms with Crippen molar-refractivity contribution in [3.05, 3.63) is 40.9 Å². The van der Waals surface area contributed by atoms with Crippen LogP contribution in [0.2, 0.25) is 0 Å². The maximum Gasteiger partial charge on any atom is 0.284 e. The fourth-order valence-electron chi connectivity index (χ4n) is 3.21. The van der Waals surface area contributed by atoms with Crippen LogP contribution in [-0.4, -0.2) is 44.8 Å². The Morgan fingerprint density at radius 2 is 2.17 bits per heavy atom. The van der Waals surface area contributed by atoms with Crippen LogP contribution in [0, 0.1) is 0 Å². The highest BCUT2D eigenvalue weighted by atomic mass is 32.1. The highest BCUT2D eigenvalue weighted by molar-refractivity contribution is 7.20. The summed E-state index contributed by atoms with van der Waals surface area (Å²) in [6.45, 7) is 2.82. The molecule has 1 aliphatic carbocycles. The van der Waals surface area contributed by atoms with Gasteiger partial charge in [-0.3, -0.25) is 9.78 Å². The minimum atomic E-state index is -0.169. The van der Waals surface area contributed by atoms with E-state index in [0.29, 0.717) is 16.2 Å². The number of nitrogens with zero attached hydrogens (tertiary/aromatic N) is 5. The third kappa shape index (κ3) is 2.22. The van der Waals surface area contributed by atoms with Gasteiger partial charge in [-0.25, -0.2) is 4.98 Å². The van der Waals surface area contributed by atoms with Crippen molar-refractivity contribution < 1.29 is 0 Å². The lowest BCUT2D eigenvalue weighted by molar-refractivity contribution is 0.441. The summed E-state index contributed by atoms with van der Waals surface area (Å²) in [5, 5.41) is 9.00. The summed E-state index contributed by atoms with van der Waals surface area (Å²) < 4.78 is 1.41. The molecule has 1 N–H and O–H groups in total. The molecule has 3 aromatic heterocycles. The summed E-state index contributed by atoms with van der Waals surface area (Å²) >= 11 is 1.47. The summed E-state index contributed by atoms with van der Waals surface area (Å²) in [6.07, 6.45) is 5.71. The van der Waals surface area contributed by atoms with Crippen molar-refractivity contribution in [2.75, 3.05) is 24.5 Å². The van der Waals surface area contributed by atoms with Gasteiger partial charge in [0.1, 0.15) is 0 Å². The summed E-state index contributed by atoms with van der Waals surface area (Å²) in [6, 6.07) is 5.50.